The van der Waals surface area contributed by atoms with Gasteiger partial charge in [-0.3, -0.25) is 9.59 Å². The molecule has 0 aliphatic heterocycles. The molecular weight excluding hydrogens is 448 g/mol. The molecule has 2 unspecified atom stereocenters. The Morgan fingerprint density at radius 1 is 1.23 bits per heavy atom. The molecule has 0 radical (unpaired) electrons. The zero-order valence-electron chi connectivity index (χ0n) is 22.0. The highest BCUT2D eigenvalue weighted by atomic mass is 16.6. The highest BCUT2D eigenvalue weighted by Crippen LogP contribution is 2.27. The molecule has 3 amide bonds. The Bertz CT molecular complexity index is 917. The van der Waals surface area contributed by atoms with Crippen LogP contribution >= 0.6 is 0 Å². The lowest BCUT2D eigenvalue weighted by atomic mass is 9.98. The summed E-state index contributed by atoms with van der Waals surface area (Å²) in [5, 5.41) is 25.0. The van der Waals surface area contributed by atoms with Gasteiger partial charge in [0.15, 0.2) is 0 Å². The molecule has 3 N–H and O–H groups in total. The van der Waals surface area contributed by atoms with Gasteiger partial charge in [0.05, 0.1) is 6.07 Å². The number of rotatable bonds is 11. The summed E-state index contributed by atoms with van der Waals surface area (Å²) in [7, 11) is 0. The maximum Gasteiger partial charge on any atom is 0.408 e. The van der Waals surface area contributed by atoms with E-state index in [4.69, 9.17) is 4.74 Å². The molecule has 2 atom stereocenters. The first-order valence-electron chi connectivity index (χ1n) is 12.0. The first kappa shape index (κ1) is 29.8. The van der Waals surface area contributed by atoms with E-state index in [1.165, 1.54) is 11.0 Å². The molecule has 0 heterocycles. The van der Waals surface area contributed by atoms with Crippen LogP contribution in [0.1, 0.15) is 78.0 Å². The summed E-state index contributed by atoms with van der Waals surface area (Å²) in [5.41, 5.74) is 0.231. The Kier molecular flexibility index (Phi) is 11.5. The number of alkyl carbamates (subject to hydrolysis) is 1. The normalized spacial score (nSPS) is 12.9. The van der Waals surface area contributed by atoms with Crippen molar-refractivity contribution in [2.24, 2.45) is 5.92 Å². The predicted molar refractivity (Wildman–Crippen MR) is 133 cm³/mol. The van der Waals surface area contributed by atoms with Gasteiger partial charge in [0.25, 0.3) is 0 Å². The van der Waals surface area contributed by atoms with Gasteiger partial charge in [-0.15, -0.1) is 0 Å². The highest BCUT2D eigenvalue weighted by molar-refractivity contribution is 5.92. The number of benzene rings is 1. The lowest BCUT2D eigenvalue weighted by Crippen LogP contribution is -2.53. The van der Waals surface area contributed by atoms with Crippen LogP contribution in [0.3, 0.4) is 0 Å². The van der Waals surface area contributed by atoms with E-state index < -0.39 is 35.6 Å². The topological polar surface area (TPSA) is 132 Å². The van der Waals surface area contributed by atoms with Crippen LogP contribution in [-0.2, 0) is 14.3 Å². The summed E-state index contributed by atoms with van der Waals surface area (Å²) in [6.45, 7) is 12.7. The number of ether oxygens (including phenoxy) is 1. The number of hydrogen-bond acceptors (Lipinski definition) is 6. The Morgan fingerprint density at radius 2 is 1.89 bits per heavy atom. The third kappa shape index (κ3) is 9.85. The summed E-state index contributed by atoms with van der Waals surface area (Å²) in [6.07, 6.45) is 1.17. The number of nitrogens with one attached hydrogen (secondary N) is 2. The zero-order valence-corrected chi connectivity index (χ0v) is 22.0. The van der Waals surface area contributed by atoms with E-state index in [0.29, 0.717) is 24.1 Å². The SMILES string of the molecule is CCCCNC(=O)C(c1ccc(O)c(C)c1)N(CC#N)C(=O)C(CC(C)C)NC(=O)OC(C)(C)C. The molecule has 9 nitrogen and oxygen atoms in total. The molecule has 35 heavy (non-hydrogen) atoms. The van der Waals surface area contributed by atoms with Crippen molar-refractivity contribution >= 4 is 17.9 Å². The van der Waals surface area contributed by atoms with Crippen LogP contribution in [0, 0.1) is 24.2 Å². The van der Waals surface area contributed by atoms with Crippen LogP contribution in [0.15, 0.2) is 18.2 Å². The van der Waals surface area contributed by atoms with Crippen molar-refractivity contribution in [3.05, 3.63) is 29.3 Å². The average molecular weight is 489 g/mol. The summed E-state index contributed by atoms with van der Waals surface area (Å²) >= 11 is 0. The summed E-state index contributed by atoms with van der Waals surface area (Å²) in [4.78, 5) is 40.7. The van der Waals surface area contributed by atoms with Crippen LogP contribution in [0.2, 0.25) is 0 Å². The first-order valence-corrected chi connectivity index (χ1v) is 12.0. The molecule has 1 aromatic rings. The molecule has 0 saturated carbocycles. The van der Waals surface area contributed by atoms with Crippen molar-refractivity contribution in [3.8, 4) is 11.8 Å². The molecule has 0 aromatic heterocycles. The molecule has 0 aliphatic carbocycles. The summed E-state index contributed by atoms with van der Waals surface area (Å²) in [5.74, 6) is -0.905. The summed E-state index contributed by atoms with van der Waals surface area (Å²) in [6, 6.07) is 4.50. The smallest absolute Gasteiger partial charge is 0.408 e. The minimum Gasteiger partial charge on any atom is -0.508 e. The molecule has 194 valence electrons. The monoisotopic (exact) mass is 488 g/mol. The third-order valence-corrected chi connectivity index (χ3v) is 5.15. The zero-order chi connectivity index (χ0) is 26.8. The van der Waals surface area contributed by atoms with E-state index in [0.717, 1.165) is 12.8 Å². The second-order valence-electron chi connectivity index (χ2n) is 10.0. The minimum atomic E-state index is -1.12. The van der Waals surface area contributed by atoms with Crippen molar-refractivity contribution in [2.45, 2.75) is 85.4 Å². The molecule has 0 fully saturated rings. The van der Waals surface area contributed by atoms with Crippen molar-refractivity contribution in [1.29, 1.82) is 5.26 Å². The number of carbonyl (C=O) groups is 3. The fraction of sp³-hybridized carbons (Fsp3) is 0.615. The first-order chi connectivity index (χ1) is 16.3. The van der Waals surface area contributed by atoms with E-state index in [1.807, 2.05) is 26.8 Å². The fourth-order valence-corrected chi connectivity index (χ4v) is 3.52. The van der Waals surface area contributed by atoms with Gasteiger partial charge < -0.3 is 25.4 Å². The minimum absolute atomic E-state index is 0.0376. The Morgan fingerprint density at radius 3 is 2.40 bits per heavy atom. The number of unbranched alkanes of at least 4 members (excludes halogenated alkanes) is 1. The second-order valence-corrected chi connectivity index (χ2v) is 10.0. The van der Waals surface area contributed by atoms with Gasteiger partial charge in [0.1, 0.15) is 30.0 Å². The van der Waals surface area contributed by atoms with Crippen LogP contribution in [0.25, 0.3) is 0 Å². The number of carbonyl (C=O) groups excluding carboxylic acids is 3. The van der Waals surface area contributed by atoms with E-state index in [2.05, 4.69) is 10.6 Å². The molecule has 0 bridgehead atoms. The van der Waals surface area contributed by atoms with E-state index >= 15 is 0 Å². The van der Waals surface area contributed by atoms with Gasteiger partial charge >= 0.3 is 6.09 Å². The molecule has 1 aromatic carbocycles. The summed E-state index contributed by atoms with van der Waals surface area (Å²) < 4.78 is 5.33. The maximum atomic E-state index is 13.7. The Hall–Kier alpha value is -3.28. The van der Waals surface area contributed by atoms with Gasteiger partial charge in [0.2, 0.25) is 11.8 Å². The maximum absolute atomic E-state index is 13.7. The Labute approximate surface area is 208 Å². The average Bonchev–Trinajstić information content (AvgIpc) is 2.73. The van der Waals surface area contributed by atoms with Gasteiger partial charge in [0, 0.05) is 6.54 Å². The standard InChI is InChI=1S/C26H40N4O5/c1-8-9-13-28-23(32)22(19-10-11-21(31)18(4)16-19)30(14-12-27)24(33)20(15-17(2)3)29-25(34)35-26(5,6)7/h10-11,16-17,20,22,31H,8-9,13-15H2,1-7H3,(H,28,32)(H,29,34). The Balaban J connectivity index is 3.44. The van der Waals surface area contributed by atoms with Crippen molar-refractivity contribution in [1.82, 2.24) is 15.5 Å². The predicted octanol–water partition coefficient (Wildman–Crippen LogP) is 3.95. The van der Waals surface area contributed by atoms with Crippen molar-refractivity contribution < 1.29 is 24.2 Å². The van der Waals surface area contributed by atoms with Crippen molar-refractivity contribution in [3.63, 3.8) is 0 Å². The lowest BCUT2D eigenvalue weighted by molar-refractivity contribution is -0.142. The lowest BCUT2D eigenvalue weighted by Gasteiger charge is -2.33. The molecule has 1 rings (SSSR count). The number of aryl methyl sites for hydroxylation is 1. The number of aromatic hydroxyl groups is 1. The largest absolute Gasteiger partial charge is 0.508 e. The molecule has 0 saturated heterocycles. The molecule has 9 heteroatoms. The van der Waals surface area contributed by atoms with Crippen LogP contribution in [0.5, 0.6) is 5.75 Å². The number of hydrogen-bond donors (Lipinski definition) is 3. The van der Waals surface area contributed by atoms with E-state index in [-0.39, 0.29) is 18.2 Å². The number of phenols is 1. The van der Waals surface area contributed by atoms with Crippen LogP contribution in [-0.4, -0.2) is 52.6 Å². The molecule has 0 aliphatic rings. The number of nitriles is 1. The number of phenolic OH excluding ortho intramolecular Hbond substituents is 1. The molecule has 0 spiro atoms. The van der Waals surface area contributed by atoms with Crippen LogP contribution < -0.4 is 10.6 Å². The third-order valence-electron chi connectivity index (χ3n) is 5.15. The molecular formula is C26H40N4O5. The number of amides is 3. The number of nitrogens with zero attached hydrogens (tertiary/aromatic N) is 2. The fourth-order valence-electron chi connectivity index (χ4n) is 3.52. The second kappa shape index (κ2) is 13.6. The quantitative estimate of drug-likeness (QED) is 0.319. The van der Waals surface area contributed by atoms with Gasteiger partial charge in [-0.2, -0.15) is 5.26 Å². The van der Waals surface area contributed by atoms with E-state index in [1.54, 1.807) is 39.8 Å². The van der Waals surface area contributed by atoms with E-state index in [9.17, 15) is 24.8 Å². The van der Waals surface area contributed by atoms with Crippen molar-refractivity contribution in [2.75, 3.05) is 13.1 Å². The van der Waals surface area contributed by atoms with Gasteiger partial charge in [-0.25, -0.2) is 4.79 Å². The van der Waals surface area contributed by atoms with Gasteiger partial charge in [-0.1, -0.05) is 33.3 Å². The van der Waals surface area contributed by atoms with Gasteiger partial charge in [-0.05, 0) is 69.7 Å². The van der Waals surface area contributed by atoms with Crippen LogP contribution in [0.4, 0.5) is 4.79 Å². The highest BCUT2D eigenvalue weighted by Gasteiger charge is 2.36.